The van der Waals surface area contributed by atoms with Crippen molar-refractivity contribution in [3.05, 3.63) is 70.9 Å². The fourth-order valence-electron chi connectivity index (χ4n) is 3.98. The molecule has 1 saturated heterocycles. The molecule has 0 N–H and O–H groups in total. The van der Waals surface area contributed by atoms with Crippen molar-refractivity contribution >= 4 is 17.5 Å². The van der Waals surface area contributed by atoms with E-state index >= 15 is 0 Å². The highest BCUT2D eigenvalue weighted by Crippen LogP contribution is 2.27. The lowest BCUT2D eigenvalue weighted by atomic mass is 9.90. The molecule has 156 valence electrons. The molecule has 0 aliphatic carbocycles. The molecule has 1 aromatic heterocycles. The predicted molar refractivity (Wildman–Crippen MR) is 117 cm³/mol. The highest BCUT2D eigenvalue weighted by Gasteiger charge is 2.26. The zero-order chi connectivity index (χ0) is 20.9. The lowest BCUT2D eigenvalue weighted by Crippen LogP contribution is -2.38. The van der Waals surface area contributed by atoms with Crippen molar-refractivity contribution in [3.63, 3.8) is 0 Å². The van der Waals surface area contributed by atoms with Crippen molar-refractivity contribution in [3.8, 4) is 17.1 Å². The predicted octanol–water partition coefficient (Wildman–Crippen LogP) is 5.49. The number of rotatable bonds is 6. The molecule has 1 aliphatic heterocycles. The molecule has 3 aromatic rings. The number of benzene rings is 2. The van der Waals surface area contributed by atoms with E-state index in [9.17, 15) is 4.79 Å². The van der Waals surface area contributed by atoms with Gasteiger partial charge < -0.3 is 14.2 Å². The maximum Gasteiger partial charge on any atom is 0.276 e. The summed E-state index contributed by atoms with van der Waals surface area (Å²) in [6.45, 7) is 1.50. The molecule has 0 spiro atoms. The number of amides is 1. The van der Waals surface area contributed by atoms with E-state index < -0.39 is 0 Å². The first kappa shape index (κ1) is 20.5. The number of halogens is 1. The summed E-state index contributed by atoms with van der Waals surface area (Å²) in [5, 5.41) is 4.65. The van der Waals surface area contributed by atoms with Crippen LogP contribution in [-0.4, -0.2) is 36.2 Å². The van der Waals surface area contributed by atoms with E-state index in [1.54, 1.807) is 25.3 Å². The number of carbonyl (C=O) groups excluding carboxylic acids is 1. The second-order valence-electron chi connectivity index (χ2n) is 7.67. The van der Waals surface area contributed by atoms with Crippen LogP contribution in [0.15, 0.2) is 59.1 Å². The molecule has 6 heteroatoms. The van der Waals surface area contributed by atoms with Crippen LogP contribution >= 0.6 is 11.6 Å². The monoisotopic (exact) mass is 424 g/mol. The lowest BCUT2D eigenvalue weighted by Gasteiger charge is -2.31. The van der Waals surface area contributed by atoms with E-state index in [4.69, 9.17) is 20.9 Å². The number of likely N-dealkylation sites (tertiary alicyclic amines) is 1. The average Bonchev–Trinajstić information content (AvgIpc) is 3.28. The maximum absolute atomic E-state index is 12.8. The number of para-hydroxylation sites is 1. The van der Waals surface area contributed by atoms with Gasteiger partial charge in [0, 0.05) is 29.7 Å². The number of aromatic nitrogens is 1. The van der Waals surface area contributed by atoms with E-state index in [0.29, 0.717) is 22.4 Å². The van der Waals surface area contributed by atoms with Gasteiger partial charge in [-0.05, 0) is 67.5 Å². The first-order valence-electron chi connectivity index (χ1n) is 10.3. The average molecular weight is 425 g/mol. The molecule has 0 saturated carbocycles. The minimum atomic E-state index is -0.0675. The van der Waals surface area contributed by atoms with Crippen LogP contribution in [0.3, 0.4) is 0 Å². The molecule has 0 atom stereocenters. The quantitative estimate of drug-likeness (QED) is 0.525. The lowest BCUT2D eigenvalue weighted by molar-refractivity contribution is 0.0676. The normalized spacial score (nSPS) is 14.7. The van der Waals surface area contributed by atoms with Gasteiger partial charge in [-0.2, -0.15) is 0 Å². The third-order valence-corrected chi connectivity index (χ3v) is 6.03. The Labute approximate surface area is 181 Å². The first-order valence-corrected chi connectivity index (χ1v) is 10.7. The SMILES string of the molecule is COc1ccccc1CCC1CCN(C(=O)c2cc(-c3ccc(Cl)cc3)on2)CC1. The minimum Gasteiger partial charge on any atom is -0.496 e. The van der Waals surface area contributed by atoms with Gasteiger partial charge in [0.15, 0.2) is 11.5 Å². The number of carbonyl (C=O) groups is 1. The van der Waals surface area contributed by atoms with Crippen molar-refractivity contribution in [2.75, 3.05) is 20.2 Å². The number of nitrogens with zero attached hydrogens (tertiary/aromatic N) is 2. The summed E-state index contributed by atoms with van der Waals surface area (Å²) < 4.78 is 10.8. The summed E-state index contributed by atoms with van der Waals surface area (Å²) in [6.07, 6.45) is 4.11. The van der Waals surface area contributed by atoms with Crippen molar-refractivity contribution in [1.82, 2.24) is 10.1 Å². The van der Waals surface area contributed by atoms with Crippen LogP contribution in [0.25, 0.3) is 11.3 Å². The molecule has 0 unspecified atom stereocenters. The van der Waals surface area contributed by atoms with Crippen LogP contribution in [0.4, 0.5) is 0 Å². The summed E-state index contributed by atoms with van der Waals surface area (Å²) in [4.78, 5) is 14.7. The van der Waals surface area contributed by atoms with Crippen molar-refractivity contribution in [2.45, 2.75) is 25.7 Å². The summed E-state index contributed by atoms with van der Waals surface area (Å²) >= 11 is 5.93. The Bertz CT molecular complexity index is 992. The van der Waals surface area contributed by atoms with Crippen molar-refractivity contribution < 1.29 is 14.1 Å². The number of hydrogen-bond donors (Lipinski definition) is 0. The molecule has 4 rings (SSSR count). The molecule has 1 aliphatic rings. The Morgan fingerprint density at radius 3 is 2.63 bits per heavy atom. The van der Waals surface area contributed by atoms with Crippen LogP contribution < -0.4 is 4.74 Å². The molecule has 1 amide bonds. The molecular weight excluding hydrogens is 400 g/mol. The Morgan fingerprint density at radius 1 is 1.17 bits per heavy atom. The van der Waals surface area contributed by atoms with Gasteiger partial charge >= 0.3 is 0 Å². The summed E-state index contributed by atoms with van der Waals surface area (Å²) in [5.41, 5.74) is 2.45. The second-order valence-corrected chi connectivity index (χ2v) is 8.11. The number of hydrogen-bond acceptors (Lipinski definition) is 4. The van der Waals surface area contributed by atoms with Crippen molar-refractivity contribution in [2.24, 2.45) is 5.92 Å². The zero-order valence-electron chi connectivity index (χ0n) is 17.0. The van der Waals surface area contributed by atoms with Crippen LogP contribution in [0.1, 0.15) is 35.3 Å². The van der Waals surface area contributed by atoms with E-state index in [2.05, 4.69) is 17.3 Å². The van der Waals surface area contributed by atoms with Gasteiger partial charge in [-0.25, -0.2) is 0 Å². The van der Waals surface area contributed by atoms with Crippen LogP contribution in [0, 0.1) is 5.92 Å². The molecule has 30 heavy (non-hydrogen) atoms. The summed E-state index contributed by atoms with van der Waals surface area (Å²) in [7, 11) is 1.71. The number of aryl methyl sites for hydroxylation is 1. The van der Waals surface area contributed by atoms with Gasteiger partial charge in [0.2, 0.25) is 0 Å². The molecule has 5 nitrogen and oxygen atoms in total. The highest BCUT2D eigenvalue weighted by atomic mass is 35.5. The number of piperidine rings is 1. The Kier molecular flexibility index (Phi) is 6.38. The van der Waals surface area contributed by atoms with Gasteiger partial charge in [-0.3, -0.25) is 4.79 Å². The zero-order valence-corrected chi connectivity index (χ0v) is 17.8. The van der Waals surface area contributed by atoms with Gasteiger partial charge in [0.25, 0.3) is 5.91 Å². The van der Waals surface area contributed by atoms with E-state index in [1.807, 2.05) is 29.2 Å². The minimum absolute atomic E-state index is 0.0675. The van der Waals surface area contributed by atoms with Gasteiger partial charge in [-0.1, -0.05) is 35.0 Å². The Hall–Kier alpha value is -2.79. The molecular formula is C24H25ClN2O3. The number of methoxy groups -OCH3 is 1. The second kappa shape index (κ2) is 9.35. The Balaban J connectivity index is 1.31. The van der Waals surface area contributed by atoms with Gasteiger partial charge in [0.1, 0.15) is 5.75 Å². The van der Waals surface area contributed by atoms with Gasteiger partial charge in [-0.15, -0.1) is 0 Å². The van der Waals surface area contributed by atoms with E-state index in [-0.39, 0.29) is 5.91 Å². The third-order valence-electron chi connectivity index (χ3n) is 5.77. The van der Waals surface area contributed by atoms with Crippen LogP contribution in [0.5, 0.6) is 5.75 Å². The fourth-order valence-corrected chi connectivity index (χ4v) is 4.11. The molecule has 0 bridgehead atoms. The smallest absolute Gasteiger partial charge is 0.276 e. The van der Waals surface area contributed by atoms with Gasteiger partial charge in [0.05, 0.1) is 7.11 Å². The Morgan fingerprint density at radius 2 is 1.90 bits per heavy atom. The fraction of sp³-hybridized carbons (Fsp3) is 0.333. The summed E-state index contributed by atoms with van der Waals surface area (Å²) in [6, 6.07) is 17.2. The molecule has 0 radical (unpaired) electrons. The first-order chi connectivity index (χ1) is 14.6. The molecule has 2 aromatic carbocycles. The summed E-state index contributed by atoms with van der Waals surface area (Å²) in [5.74, 6) is 2.07. The standard InChI is InChI=1S/C24H25ClN2O3/c1-29-22-5-3-2-4-18(22)7-6-17-12-14-27(15-13-17)24(28)21-16-23(30-26-21)19-8-10-20(25)11-9-19/h2-5,8-11,16-17H,6-7,12-15H2,1H3. The maximum atomic E-state index is 12.8. The van der Waals surface area contributed by atoms with Crippen LogP contribution in [0.2, 0.25) is 5.02 Å². The third kappa shape index (κ3) is 4.68. The van der Waals surface area contributed by atoms with Crippen molar-refractivity contribution in [1.29, 1.82) is 0 Å². The number of ether oxygens (including phenoxy) is 1. The molecule has 2 heterocycles. The van der Waals surface area contributed by atoms with E-state index in [0.717, 1.165) is 50.1 Å². The van der Waals surface area contributed by atoms with E-state index in [1.165, 1.54) is 5.56 Å². The highest BCUT2D eigenvalue weighted by molar-refractivity contribution is 6.30. The largest absolute Gasteiger partial charge is 0.496 e. The molecule has 1 fully saturated rings. The topological polar surface area (TPSA) is 55.6 Å². The van der Waals surface area contributed by atoms with Crippen LogP contribution in [-0.2, 0) is 6.42 Å².